The van der Waals surface area contributed by atoms with E-state index >= 15 is 0 Å². The van der Waals surface area contributed by atoms with E-state index in [-0.39, 0.29) is 0 Å². The molecule has 0 N–H and O–H groups in total. The van der Waals surface area contributed by atoms with Crippen molar-refractivity contribution < 1.29 is 22.5 Å². The van der Waals surface area contributed by atoms with Crippen molar-refractivity contribution in [1.29, 1.82) is 0 Å². The largest absolute Gasteiger partial charge is 0.348 e. The van der Waals surface area contributed by atoms with Crippen LogP contribution in [0.5, 0.6) is 0 Å². The Kier molecular flexibility index (Phi) is 4.97. The van der Waals surface area contributed by atoms with E-state index in [2.05, 4.69) is 0 Å². The van der Waals surface area contributed by atoms with Gasteiger partial charge < -0.3 is 4.90 Å². The fraction of sp³-hybridized carbons (Fsp3) is 0.364. The number of para-hydroxylation sites is 1. The molecule has 0 fully saturated rings. The summed E-state index contributed by atoms with van der Waals surface area (Å²) in [4.78, 5) is 21.7. The Balaban J connectivity index is 3.29. The second-order valence-corrected chi connectivity index (χ2v) is 6.41. The quantitative estimate of drug-likeness (QED) is 0.579. The van der Waals surface area contributed by atoms with Crippen LogP contribution >= 0.6 is 0 Å². The molecule has 1 aromatic carbocycles. The highest BCUT2D eigenvalue weighted by Gasteiger charge is 2.33. The highest BCUT2D eigenvalue weighted by atomic mass is 32.2. The van der Waals surface area contributed by atoms with E-state index in [0.717, 1.165) is 25.2 Å². The molecule has 8 nitrogen and oxygen atoms in total. The molecular weight excluding hydrogens is 305 g/mol. The van der Waals surface area contributed by atoms with Crippen LogP contribution < -0.4 is 0 Å². The number of likely N-dealkylation sites (N-methyl/N-ethyl adjacent to an activating group) is 2. The van der Waals surface area contributed by atoms with Crippen molar-refractivity contribution in [2.24, 2.45) is 0 Å². The van der Waals surface area contributed by atoms with Crippen LogP contribution in [-0.4, -0.2) is 56.1 Å². The Morgan fingerprint density at radius 2 is 1.90 bits per heavy atom. The topological polar surface area (TPSA) is 101 Å². The zero-order valence-corrected chi connectivity index (χ0v) is 12.4. The first kappa shape index (κ1) is 17.0. The molecule has 0 saturated heterocycles. The van der Waals surface area contributed by atoms with Crippen LogP contribution in [-0.2, 0) is 14.8 Å². The first-order valence-corrected chi connectivity index (χ1v) is 7.12. The van der Waals surface area contributed by atoms with Crippen LogP contribution in [0, 0.1) is 15.9 Å². The summed E-state index contributed by atoms with van der Waals surface area (Å²) >= 11 is 0. The molecule has 0 spiro atoms. The van der Waals surface area contributed by atoms with Crippen molar-refractivity contribution in [2.75, 3.05) is 27.7 Å². The fourth-order valence-corrected chi connectivity index (χ4v) is 2.75. The first-order valence-electron chi connectivity index (χ1n) is 5.68. The molecule has 1 rings (SSSR count). The average molecular weight is 319 g/mol. The summed E-state index contributed by atoms with van der Waals surface area (Å²) in [6, 6.07) is 2.77. The van der Waals surface area contributed by atoms with Gasteiger partial charge in [-0.1, -0.05) is 6.07 Å². The number of nitro benzene ring substituents is 1. The summed E-state index contributed by atoms with van der Waals surface area (Å²) < 4.78 is 38.6. The summed E-state index contributed by atoms with van der Waals surface area (Å²) in [5, 5.41) is 10.8. The summed E-state index contributed by atoms with van der Waals surface area (Å²) in [6.07, 6.45) is 0. The van der Waals surface area contributed by atoms with E-state index in [1.807, 2.05) is 0 Å². The first-order chi connectivity index (χ1) is 9.59. The average Bonchev–Trinajstić information content (AvgIpc) is 2.37. The number of hydrogen-bond acceptors (Lipinski definition) is 5. The van der Waals surface area contributed by atoms with Crippen LogP contribution in [0.25, 0.3) is 0 Å². The molecule has 0 aliphatic carbocycles. The maximum absolute atomic E-state index is 13.5. The van der Waals surface area contributed by atoms with Gasteiger partial charge in [-0.2, -0.15) is 8.70 Å². The summed E-state index contributed by atoms with van der Waals surface area (Å²) in [5.41, 5.74) is -1.14. The molecule has 1 amide bonds. The van der Waals surface area contributed by atoms with Gasteiger partial charge >= 0.3 is 5.69 Å². The Morgan fingerprint density at radius 1 is 1.33 bits per heavy atom. The van der Waals surface area contributed by atoms with Crippen LogP contribution in [0.15, 0.2) is 23.1 Å². The summed E-state index contributed by atoms with van der Waals surface area (Å²) in [7, 11) is -0.397. The zero-order chi connectivity index (χ0) is 16.4. The van der Waals surface area contributed by atoms with E-state index in [1.54, 1.807) is 0 Å². The molecule has 0 heterocycles. The zero-order valence-electron chi connectivity index (χ0n) is 11.6. The number of hydrogen-bond donors (Lipinski definition) is 0. The number of benzene rings is 1. The van der Waals surface area contributed by atoms with Crippen molar-refractivity contribution in [2.45, 2.75) is 4.90 Å². The van der Waals surface area contributed by atoms with Crippen molar-refractivity contribution in [3.8, 4) is 0 Å². The van der Waals surface area contributed by atoms with E-state index < -0.39 is 43.8 Å². The molecule has 1 aromatic rings. The molecular formula is C11H14FN3O5S. The van der Waals surface area contributed by atoms with Crippen molar-refractivity contribution in [3.05, 3.63) is 34.1 Å². The summed E-state index contributed by atoms with van der Waals surface area (Å²) in [5.74, 6) is -1.77. The van der Waals surface area contributed by atoms with Gasteiger partial charge in [-0.05, 0) is 12.1 Å². The number of carbonyl (C=O) groups is 1. The molecule has 0 saturated carbocycles. The second kappa shape index (κ2) is 6.14. The maximum Gasteiger partial charge on any atom is 0.324 e. The lowest BCUT2D eigenvalue weighted by atomic mass is 10.3. The number of rotatable bonds is 5. The number of sulfonamides is 1. The highest BCUT2D eigenvalue weighted by Crippen LogP contribution is 2.28. The molecule has 0 bridgehead atoms. The monoisotopic (exact) mass is 319 g/mol. The van der Waals surface area contributed by atoms with E-state index in [4.69, 9.17) is 0 Å². The molecule has 0 radical (unpaired) electrons. The lowest BCUT2D eigenvalue weighted by molar-refractivity contribution is -0.390. The van der Waals surface area contributed by atoms with Gasteiger partial charge in [0.1, 0.15) is 0 Å². The van der Waals surface area contributed by atoms with Gasteiger partial charge in [-0.15, -0.1) is 0 Å². The van der Waals surface area contributed by atoms with Crippen LogP contribution in [0.3, 0.4) is 0 Å². The van der Waals surface area contributed by atoms with Crippen LogP contribution in [0.1, 0.15) is 0 Å². The lowest BCUT2D eigenvalue weighted by Gasteiger charge is -2.19. The third kappa shape index (κ3) is 3.52. The van der Waals surface area contributed by atoms with Gasteiger partial charge in [0.25, 0.3) is 0 Å². The number of halogens is 1. The Morgan fingerprint density at radius 3 is 2.38 bits per heavy atom. The van der Waals surface area contributed by atoms with Gasteiger partial charge in [-0.25, -0.2) is 8.42 Å². The molecule has 0 atom stereocenters. The Bertz CT molecular complexity index is 674. The molecule has 0 aromatic heterocycles. The third-order valence-corrected chi connectivity index (χ3v) is 4.51. The third-order valence-electron chi connectivity index (χ3n) is 2.68. The predicted molar refractivity (Wildman–Crippen MR) is 71.6 cm³/mol. The number of amides is 1. The van der Waals surface area contributed by atoms with Crippen molar-refractivity contribution in [3.63, 3.8) is 0 Å². The van der Waals surface area contributed by atoms with Crippen molar-refractivity contribution >= 4 is 21.6 Å². The Hall–Kier alpha value is -2.07. The van der Waals surface area contributed by atoms with Crippen LogP contribution in [0.4, 0.5) is 10.1 Å². The Labute approximate surface area is 121 Å². The fourth-order valence-electron chi connectivity index (χ4n) is 1.47. The minimum absolute atomic E-state index is 0.511. The smallest absolute Gasteiger partial charge is 0.324 e. The van der Waals surface area contributed by atoms with Gasteiger partial charge in [0.05, 0.1) is 11.5 Å². The van der Waals surface area contributed by atoms with Gasteiger partial charge in [0.2, 0.25) is 21.7 Å². The standard InChI is InChI=1S/C11H14FN3O5S/c1-13(2)10(16)7-14(3)21(19,20)9-6-4-5-8(12)11(9)15(17)18/h4-6H,7H2,1-3H3. The predicted octanol–water partition coefficient (Wildman–Crippen LogP) is 0.443. The van der Waals surface area contributed by atoms with E-state index in [9.17, 15) is 27.7 Å². The normalized spacial score (nSPS) is 11.5. The maximum atomic E-state index is 13.5. The van der Waals surface area contributed by atoms with Crippen LogP contribution in [0.2, 0.25) is 0 Å². The number of carbonyl (C=O) groups excluding carboxylic acids is 1. The number of nitrogens with zero attached hydrogens (tertiary/aromatic N) is 3. The van der Waals surface area contributed by atoms with Gasteiger partial charge in [-0.3, -0.25) is 14.9 Å². The molecule has 0 aliphatic rings. The molecule has 0 unspecified atom stereocenters. The molecule has 116 valence electrons. The van der Waals surface area contributed by atoms with Gasteiger partial charge in [0, 0.05) is 21.1 Å². The van der Waals surface area contributed by atoms with E-state index in [1.165, 1.54) is 19.0 Å². The number of nitro groups is 1. The SMILES string of the molecule is CN(C)C(=O)CN(C)S(=O)(=O)c1cccc(F)c1[N+](=O)[O-]. The minimum Gasteiger partial charge on any atom is -0.348 e. The lowest BCUT2D eigenvalue weighted by Crippen LogP contribution is -2.38. The van der Waals surface area contributed by atoms with Crippen molar-refractivity contribution in [1.82, 2.24) is 9.21 Å². The molecule has 10 heteroatoms. The highest BCUT2D eigenvalue weighted by molar-refractivity contribution is 7.89. The molecule has 0 aliphatic heterocycles. The van der Waals surface area contributed by atoms with Gasteiger partial charge in [0.15, 0.2) is 4.90 Å². The second-order valence-electron chi connectivity index (χ2n) is 4.39. The van der Waals surface area contributed by atoms with E-state index in [0.29, 0.717) is 4.31 Å². The minimum atomic E-state index is -4.36. The molecule has 21 heavy (non-hydrogen) atoms. The summed E-state index contributed by atoms with van der Waals surface area (Å²) in [6.45, 7) is -0.511.